The highest BCUT2D eigenvalue weighted by Crippen LogP contribution is 2.38. The highest BCUT2D eigenvalue weighted by Gasteiger charge is 2.14. The fourth-order valence-electron chi connectivity index (χ4n) is 6.64. The van der Waals surface area contributed by atoms with Crippen LogP contribution in [0.2, 0.25) is 0 Å². The Bertz CT molecular complexity index is 2290. The van der Waals surface area contributed by atoms with E-state index in [1.807, 2.05) is 0 Å². The summed E-state index contributed by atoms with van der Waals surface area (Å²) in [5, 5.41) is 2.51. The van der Waals surface area contributed by atoms with Gasteiger partial charge in [0.25, 0.3) is 0 Å². The first-order chi connectivity index (χ1) is 23.3. The maximum absolute atomic E-state index is 2.35. The molecule has 0 aliphatic carbocycles. The maximum atomic E-state index is 2.35. The standard InChI is InChI=1S/C45H34N2/c1-2-29-46-44-27-23-37(33-13-6-3-7-14-33)31-42(44)43-32-38(24-28-45(43)46)36-16-12-15-35(30-36)34-21-25-41(26-22-34)47(39-17-8-4-9-18-39)40-19-10-5-11-20-40/h2-32H,1H3. The third kappa shape index (κ3) is 5.41. The first kappa shape index (κ1) is 28.4. The molecule has 47 heavy (non-hydrogen) atoms. The SMILES string of the molecule is CC=Cn1c2ccc(-c3ccccc3)cc2c2cc(-c3cccc(-c4ccc(N(c5ccccc5)c5ccccc5)cc4)c3)ccc21. The van der Waals surface area contributed by atoms with E-state index in [1.54, 1.807) is 0 Å². The minimum absolute atomic E-state index is 1.13. The van der Waals surface area contributed by atoms with Gasteiger partial charge in [0.05, 0.1) is 11.0 Å². The summed E-state index contributed by atoms with van der Waals surface area (Å²) >= 11 is 0. The first-order valence-corrected chi connectivity index (χ1v) is 16.1. The largest absolute Gasteiger partial charge is 0.316 e. The number of para-hydroxylation sites is 2. The number of hydrogen-bond donors (Lipinski definition) is 0. The van der Waals surface area contributed by atoms with Crippen LogP contribution < -0.4 is 4.90 Å². The fourth-order valence-corrected chi connectivity index (χ4v) is 6.64. The molecule has 0 radical (unpaired) electrons. The number of nitrogens with zero attached hydrogens (tertiary/aromatic N) is 2. The number of benzene rings is 7. The van der Waals surface area contributed by atoms with E-state index in [0.29, 0.717) is 0 Å². The van der Waals surface area contributed by atoms with Gasteiger partial charge in [-0.25, -0.2) is 0 Å². The fraction of sp³-hybridized carbons (Fsp3) is 0.0222. The molecule has 224 valence electrons. The van der Waals surface area contributed by atoms with Crippen LogP contribution in [0.1, 0.15) is 6.92 Å². The molecule has 7 aromatic carbocycles. The van der Waals surface area contributed by atoms with E-state index < -0.39 is 0 Å². The zero-order valence-electron chi connectivity index (χ0n) is 26.3. The number of aromatic nitrogens is 1. The lowest BCUT2D eigenvalue weighted by Crippen LogP contribution is -2.09. The van der Waals surface area contributed by atoms with Crippen molar-refractivity contribution >= 4 is 45.1 Å². The summed E-state index contributed by atoms with van der Waals surface area (Å²) in [5.74, 6) is 0. The van der Waals surface area contributed by atoms with Crippen LogP contribution in [0.5, 0.6) is 0 Å². The Balaban J connectivity index is 1.17. The van der Waals surface area contributed by atoms with E-state index in [0.717, 1.165) is 17.1 Å². The number of anilines is 3. The third-order valence-corrected chi connectivity index (χ3v) is 8.89. The molecule has 0 unspecified atom stereocenters. The number of allylic oxidation sites excluding steroid dienone is 1. The zero-order valence-corrected chi connectivity index (χ0v) is 26.3. The Labute approximate surface area is 276 Å². The van der Waals surface area contributed by atoms with Gasteiger partial charge in [0.2, 0.25) is 0 Å². The minimum Gasteiger partial charge on any atom is -0.316 e. The average Bonchev–Trinajstić information content (AvgIpc) is 3.45. The van der Waals surface area contributed by atoms with Crippen molar-refractivity contribution in [3.05, 3.63) is 182 Å². The van der Waals surface area contributed by atoms with Crippen LogP contribution in [0.25, 0.3) is 61.4 Å². The Hall–Kier alpha value is -6.12. The second kappa shape index (κ2) is 12.3. The van der Waals surface area contributed by atoms with Crippen LogP contribution in [0.15, 0.2) is 182 Å². The first-order valence-electron chi connectivity index (χ1n) is 16.1. The van der Waals surface area contributed by atoms with Crippen molar-refractivity contribution in [2.45, 2.75) is 6.92 Å². The van der Waals surface area contributed by atoms with E-state index in [1.165, 1.54) is 55.2 Å². The van der Waals surface area contributed by atoms with E-state index in [-0.39, 0.29) is 0 Å². The summed E-state index contributed by atoms with van der Waals surface area (Å²) in [6.45, 7) is 2.07. The molecule has 2 nitrogen and oxygen atoms in total. The number of hydrogen-bond acceptors (Lipinski definition) is 1. The molecule has 0 amide bonds. The molecule has 0 aliphatic heterocycles. The van der Waals surface area contributed by atoms with Gasteiger partial charge in [-0.05, 0) is 107 Å². The van der Waals surface area contributed by atoms with Crippen LogP contribution in [0.3, 0.4) is 0 Å². The van der Waals surface area contributed by atoms with Crippen molar-refractivity contribution in [1.82, 2.24) is 4.57 Å². The second-order valence-corrected chi connectivity index (χ2v) is 11.8. The Morgan fingerprint density at radius 1 is 0.383 bits per heavy atom. The molecule has 2 heteroatoms. The van der Waals surface area contributed by atoms with Crippen LogP contribution >= 0.6 is 0 Å². The monoisotopic (exact) mass is 602 g/mol. The van der Waals surface area contributed by atoms with Crippen molar-refractivity contribution < 1.29 is 0 Å². The molecule has 1 heterocycles. The van der Waals surface area contributed by atoms with Gasteiger partial charge in [0.1, 0.15) is 0 Å². The Morgan fingerprint density at radius 3 is 1.34 bits per heavy atom. The Kier molecular flexibility index (Phi) is 7.45. The molecule has 0 bridgehead atoms. The van der Waals surface area contributed by atoms with Gasteiger partial charge in [-0.3, -0.25) is 0 Å². The lowest BCUT2D eigenvalue weighted by molar-refractivity contribution is 1.28. The van der Waals surface area contributed by atoms with Crippen molar-refractivity contribution in [2.75, 3.05) is 4.90 Å². The van der Waals surface area contributed by atoms with Crippen LogP contribution in [-0.2, 0) is 0 Å². The van der Waals surface area contributed by atoms with Crippen molar-refractivity contribution in [1.29, 1.82) is 0 Å². The Morgan fingerprint density at radius 2 is 0.787 bits per heavy atom. The predicted molar refractivity (Wildman–Crippen MR) is 201 cm³/mol. The van der Waals surface area contributed by atoms with Gasteiger partial charge < -0.3 is 9.47 Å². The van der Waals surface area contributed by atoms with Gasteiger partial charge in [-0.15, -0.1) is 0 Å². The normalized spacial score (nSPS) is 11.4. The highest BCUT2D eigenvalue weighted by atomic mass is 15.1. The quantitative estimate of drug-likeness (QED) is 0.176. The minimum atomic E-state index is 1.13. The summed E-state index contributed by atoms with van der Waals surface area (Å²) in [5.41, 5.74) is 13.1. The molecular formula is C45H34N2. The van der Waals surface area contributed by atoms with Crippen LogP contribution in [0.4, 0.5) is 17.1 Å². The van der Waals surface area contributed by atoms with Gasteiger partial charge in [-0.2, -0.15) is 0 Å². The maximum Gasteiger partial charge on any atom is 0.0535 e. The summed E-state index contributed by atoms with van der Waals surface area (Å²) in [6.07, 6.45) is 4.26. The molecule has 0 spiro atoms. The van der Waals surface area contributed by atoms with Crippen molar-refractivity contribution in [2.24, 2.45) is 0 Å². The van der Waals surface area contributed by atoms with E-state index in [2.05, 4.69) is 205 Å². The smallest absolute Gasteiger partial charge is 0.0535 e. The molecule has 0 atom stereocenters. The number of fused-ring (bicyclic) bond motifs is 3. The lowest BCUT2D eigenvalue weighted by atomic mass is 9.97. The van der Waals surface area contributed by atoms with Crippen LogP contribution in [-0.4, -0.2) is 4.57 Å². The molecule has 1 aromatic heterocycles. The molecule has 0 N–H and O–H groups in total. The van der Waals surface area contributed by atoms with Gasteiger partial charge in [0.15, 0.2) is 0 Å². The predicted octanol–water partition coefficient (Wildman–Crippen LogP) is 12.8. The second-order valence-electron chi connectivity index (χ2n) is 11.8. The summed E-state index contributed by atoms with van der Waals surface area (Å²) in [4.78, 5) is 2.29. The molecule has 8 rings (SSSR count). The lowest BCUT2D eigenvalue weighted by Gasteiger charge is -2.25. The summed E-state index contributed by atoms with van der Waals surface area (Å²) in [7, 11) is 0. The molecular weight excluding hydrogens is 569 g/mol. The molecule has 8 aromatic rings. The molecule has 0 saturated carbocycles. The van der Waals surface area contributed by atoms with Gasteiger partial charge in [0, 0.05) is 34.0 Å². The van der Waals surface area contributed by atoms with Crippen LogP contribution in [0, 0.1) is 0 Å². The molecule has 0 saturated heterocycles. The van der Waals surface area contributed by atoms with E-state index in [4.69, 9.17) is 0 Å². The van der Waals surface area contributed by atoms with E-state index in [9.17, 15) is 0 Å². The zero-order chi connectivity index (χ0) is 31.6. The van der Waals surface area contributed by atoms with Crippen molar-refractivity contribution in [3.8, 4) is 33.4 Å². The average molecular weight is 603 g/mol. The van der Waals surface area contributed by atoms with Crippen molar-refractivity contribution in [3.63, 3.8) is 0 Å². The highest BCUT2D eigenvalue weighted by molar-refractivity contribution is 6.11. The topological polar surface area (TPSA) is 8.17 Å². The number of rotatable bonds is 7. The molecule has 0 fully saturated rings. The van der Waals surface area contributed by atoms with Gasteiger partial charge >= 0.3 is 0 Å². The summed E-state index contributed by atoms with van der Waals surface area (Å²) < 4.78 is 2.30. The third-order valence-electron chi connectivity index (χ3n) is 8.89. The van der Waals surface area contributed by atoms with E-state index >= 15 is 0 Å². The molecule has 0 aliphatic rings. The van der Waals surface area contributed by atoms with Gasteiger partial charge in [-0.1, -0.05) is 115 Å². The summed E-state index contributed by atoms with van der Waals surface area (Å²) in [6, 6.07) is 63.2.